The van der Waals surface area contributed by atoms with Gasteiger partial charge in [-0.3, -0.25) is 19.3 Å². The molecule has 0 aliphatic heterocycles. The fourth-order valence-electron chi connectivity index (χ4n) is 2.95. The fraction of sp³-hybridized carbons (Fsp3) is 0.150. The number of nitrogens with zero attached hydrogens (tertiary/aromatic N) is 4. The van der Waals surface area contributed by atoms with Gasteiger partial charge in [-0.05, 0) is 25.1 Å². The van der Waals surface area contributed by atoms with Gasteiger partial charge in [-0.25, -0.2) is 14.2 Å². The van der Waals surface area contributed by atoms with Crippen LogP contribution in [0.4, 0.5) is 10.3 Å². The second-order valence-electron chi connectivity index (χ2n) is 6.49. The van der Waals surface area contributed by atoms with Crippen LogP contribution in [0.3, 0.4) is 0 Å². The Hall–Kier alpha value is -3.88. The van der Waals surface area contributed by atoms with Crippen LogP contribution in [0, 0.1) is 5.82 Å². The summed E-state index contributed by atoms with van der Waals surface area (Å²) in [4.78, 5) is 40.4. The topological polar surface area (TPSA) is 106 Å². The summed E-state index contributed by atoms with van der Waals surface area (Å²) in [5, 5.41) is 3.22. The van der Waals surface area contributed by atoms with Crippen molar-refractivity contribution in [1.29, 1.82) is 0 Å². The second-order valence-corrected chi connectivity index (χ2v) is 6.49. The minimum atomic E-state index is -0.673. The maximum Gasteiger partial charge on any atom is 0.330 e. The molecule has 0 unspecified atom stereocenters. The first-order valence-electron chi connectivity index (χ1n) is 8.93. The highest BCUT2D eigenvalue weighted by Crippen LogP contribution is 2.15. The predicted octanol–water partition coefficient (Wildman–Crippen LogP) is 2.24. The summed E-state index contributed by atoms with van der Waals surface area (Å²) in [6.07, 6.45) is 3.02. The molecule has 146 valence electrons. The van der Waals surface area contributed by atoms with Crippen molar-refractivity contribution in [1.82, 2.24) is 24.5 Å². The lowest BCUT2D eigenvalue weighted by Gasteiger charge is -2.13. The number of halogens is 1. The molecule has 0 aliphatic rings. The predicted molar refractivity (Wildman–Crippen MR) is 106 cm³/mol. The second kappa shape index (κ2) is 7.63. The van der Waals surface area contributed by atoms with Gasteiger partial charge in [0.25, 0.3) is 5.56 Å². The van der Waals surface area contributed by atoms with Crippen molar-refractivity contribution >= 4 is 17.0 Å². The molecular formula is C20H17FN6O2. The quantitative estimate of drug-likeness (QED) is 0.540. The Morgan fingerprint density at radius 2 is 1.93 bits per heavy atom. The zero-order chi connectivity index (χ0) is 20.4. The van der Waals surface area contributed by atoms with E-state index in [-0.39, 0.29) is 35.1 Å². The lowest BCUT2D eigenvalue weighted by atomic mass is 10.2. The highest BCUT2D eigenvalue weighted by atomic mass is 19.1. The highest BCUT2D eigenvalue weighted by Gasteiger charge is 2.14. The van der Waals surface area contributed by atoms with Gasteiger partial charge >= 0.3 is 5.69 Å². The number of hydrogen-bond acceptors (Lipinski definition) is 6. The normalized spacial score (nSPS) is 12.1. The lowest BCUT2D eigenvalue weighted by molar-refractivity contribution is 0.590. The van der Waals surface area contributed by atoms with Gasteiger partial charge in [0, 0.05) is 18.0 Å². The smallest absolute Gasteiger partial charge is 0.330 e. The number of aromatic amines is 1. The SMILES string of the molecule is C[C@H](Nc1ncc2c(=O)n(Cc3ccccc3F)c(=O)[nH]c2n1)c1ccccn1. The number of aromatic nitrogens is 5. The summed E-state index contributed by atoms with van der Waals surface area (Å²) in [6.45, 7) is 1.71. The third-order valence-electron chi connectivity index (χ3n) is 4.50. The number of fused-ring (bicyclic) bond motifs is 1. The van der Waals surface area contributed by atoms with Crippen molar-refractivity contribution < 1.29 is 4.39 Å². The molecule has 3 heterocycles. The number of pyridine rings is 1. The molecule has 0 spiro atoms. The van der Waals surface area contributed by atoms with Gasteiger partial charge < -0.3 is 5.32 Å². The zero-order valence-electron chi connectivity index (χ0n) is 15.5. The van der Waals surface area contributed by atoms with E-state index in [1.807, 2.05) is 25.1 Å². The molecule has 8 nitrogen and oxygen atoms in total. The number of anilines is 1. The molecule has 3 aromatic heterocycles. The third kappa shape index (κ3) is 3.75. The van der Waals surface area contributed by atoms with Gasteiger partial charge in [0.05, 0.1) is 18.3 Å². The monoisotopic (exact) mass is 392 g/mol. The molecule has 0 aliphatic carbocycles. The lowest BCUT2D eigenvalue weighted by Crippen LogP contribution is -2.36. The van der Waals surface area contributed by atoms with Crippen LogP contribution in [-0.4, -0.2) is 24.5 Å². The Kier molecular flexibility index (Phi) is 4.86. The highest BCUT2D eigenvalue weighted by molar-refractivity contribution is 5.73. The zero-order valence-corrected chi connectivity index (χ0v) is 15.5. The third-order valence-corrected chi connectivity index (χ3v) is 4.50. The van der Waals surface area contributed by atoms with Gasteiger partial charge in [0.15, 0.2) is 5.65 Å². The van der Waals surface area contributed by atoms with Gasteiger partial charge in [-0.15, -0.1) is 0 Å². The first-order chi connectivity index (χ1) is 14.0. The van der Waals surface area contributed by atoms with E-state index in [2.05, 4.69) is 25.3 Å². The van der Waals surface area contributed by atoms with Crippen molar-refractivity contribution in [3.63, 3.8) is 0 Å². The molecule has 0 bridgehead atoms. The van der Waals surface area contributed by atoms with E-state index in [0.29, 0.717) is 0 Å². The molecule has 0 amide bonds. The van der Waals surface area contributed by atoms with Crippen molar-refractivity contribution in [2.24, 2.45) is 0 Å². The molecule has 0 saturated carbocycles. The fourth-order valence-corrected chi connectivity index (χ4v) is 2.95. The number of rotatable bonds is 5. The molecule has 9 heteroatoms. The van der Waals surface area contributed by atoms with Crippen LogP contribution < -0.4 is 16.6 Å². The summed E-state index contributed by atoms with van der Waals surface area (Å²) < 4.78 is 14.8. The standard InChI is InChI=1S/C20H17FN6O2/c1-12(16-8-4-5-9-22-16)24-19-23-10-14-17(25-19)26-20(29)27(18(14)28)11-13-6-2-3-7-15(13)21/h2-10,12H,11H2,1H3,(H2,23,24,25,26,29)/t12-/m0/s1. The molecule has 4 rings (SSSR count). The van der Waals surface area contributed by atoms with Crippen molar-refractivity contribution in [3.8, 4) is 0 Å². The van der Waals surface area contributed by atoms with E-state index in [1.165, 1.54) is 18.3 Å². The van der Waals surface area contributed by atoms with E-state index >= 15 is 0 Å². The molecule has 0 fully saturated rings. The summed E-state index contributed by atoms with van der Waals surface area (Å²) in [5.74, 6) is -0.240. The Balaban J connectivity index is 1.68. The van der Waals surface area contributed by atoms with Crippen LogP contribution in [0.25, 0.3) is 11.0 Å². The molecule has 4 aromatic rings. The Bertz CT molecular complexity index is 1290. The largest absolute Gasteiger partial charge is 0.346 e. The van der Waals surface area contributed by atoms with E-state index in [0.717, 1.165) is 10.3 Å². The number of nitrogens with one attached hydrogen (secondary N) is 2. The summed E-state index contributed by atoms with van der Waals surface area (Å²) in [7, 11) is 0. The first kappa shape index (κ1) is 18.5. The number of benzene rings is 1. The number of hydrogen-bond donors (Lipinski definition) is 2. The summed E-state index contributed by atoms with van der Waals surface area (Å²) in [6, 6.07) is 11.4. The Labute approximate surface area is 164 Å². The van der Waals surface area contributed by atoms with E-state index < -0.39 is 17.1 Å². The van der Waals surface area contributed by atoms with Crippen molar-refractivity contribution in [2.75, 3.05) is 5.32 Å². The average molecular weight is 392 g/mol. The molecule has 0 radical (unpaired) electrons. The van der Waals surface area contributed by atoms with Crippen LogP contribution >= 0.6 is 0 Å². The van der Waals surface area contributed by atoms with E-state index in [4.69, 9.17) is 0 Å². The van der Waals surface area contributed by atoms with Crippen LogP contribution in [0.15, 0.2) is 64.4 Å². The number of H-pyrrole nitrogens is 1. The molecule has 1 aromatic carbocycles. The minimum Gasteiger partial charge on any atom is -0.346 e. The van der Waals surface area contributed by atoms with Crippen molar-refractivity contribution in [2.45, 2.75) is 19.5 Å². The van der Waals surface area contributed by atoms with E-state index in [1.54, 1.807) is 18.3 Å². The minimum absolute atomic E-state index is 0.107. The van der Waals surface area contributed by atoms with Crippen LogP contribution in [0.5, 0.6) is 0 Å². The van der Waals surface area contributed by atoms with Gasteiger partial charge in [-0.1, -0.05) is 24.3 Å². The van der Waals surface area contributed by atoms with Gasteiger partial charge in [0.1, 0.15) is 11.2 Å². The molecular weight excluding hydrogens is 375 g/mol. The molecule has 29 heavy (non-hydrogen) atoms. The molecule has 1 atom stereocenters. The van der Waals surface area contributed by atoms with Crippen molar-refractivity contribution in [3.05, 3.63) is 92.8 Å². The summed E-state index contributed by atoms with van der Waals surface area (Å²) in [5.41, 5.74) is -0.118. The van der Waals surface area contributed by atoms with Crippen LogP contribution in [0.1, 0.15) is 24.2 Å². The van der Waals surface area contributed by atoms with E-state index in [9.17, 15) is 14.0 Å². The molecule has 0 saturated heterocycles. The maximum atomic E-state index is 13.9. The summed E-state index contributed by atoms with van der Waals surface area (Å²) >= 11 is 0. The van der Waals surface area contributed by atoms with Crippen LogP contribution in [0.2, 0.25) is 0 Å². The van der Waals surface area contributed by atoms with Gasteiger partial charge in [-0.2, -0.15) is 4.98 Å². The molecule has 2 N–H and O–H groups in total. The van der Waals surface area contributed by atoms with Gasteiger partial charge in [0.2, 0.25) is 5.95 Å². The Morgan fingerprint density at radius 3 is 2.69 bits per heavy atom. The maximum absolute atomic E-state index is 13.9. The van der Waals surface area contributed by atoms with Crippen LogP contribution in [-0.2, 0) is 6.54 Å². The average Bonchev–Trinajstić information content (AvgIpc) is 2.73. The first-order valence-corrected chi connectivity index (χ1v) is 8.93. The Morgan fingerprint density at radius 1 is 1.14 bits per heavy atom.